The van der Waals surface area contributed by atoms with Gasteiger partial charge in [-0.2, -0.15) is 5.26 Å². The number of nitrogens with one attached hydrogen (secondary N) is 2. The van der Waals surface area contributed by atoms with Crippen molar-refractivity contribution >= 4 is 27.5 Å². The molecule has 1 aromatic rings. The summed E-state index contributed by atoms with van der Waals surface area (Å²) >= 11 is 3.48. The molecule has 0 unspecified atom stereocenters. The van der Waals surface area contributed by atoms with E-state index in [1.165, 1.54) is 0 Å². The van der Waals surface area contributed by atoms with Crippen LogP contribution in [-0.2, 0) is 4.79 Å². The topological polar surface area (TPSA) is 64.9 Å². The first-order valence-corrected chi connectivity index (χ1v) is 5.98. The van der Waals surface area contributed by atoms with Crippen LogP contribution in [0.5, 0.6) is 0 Å². The summed E-state index contributed by atoms with van der Waals surface area (Å²) in [6.45, 7) is 4.21. The first-order chi connectivity index (χ1) is 8.04. The SMILES string of the molecule is Cc1cc(NCC(=O)NCC#N)cc(C)c1Br. The molecule has 0 fully saturated rings. The summed E-state index contributed by atoms with van der Waals surface area (Å²) in [6.07, 6.45) is 0. The monoisotopic (exact) mass is 295 g/mol. The number of carbonyl (C=O) groups excluding carboxylic acids is 1. The molecule has 0 aromatic heterocycles. The van der Waals surface area contributed by atoms with Gasteiger partial charge in [0.1, 0.15) is 6.54 Å². The largest absolute Gasteiger partial charge is 0.376 e. The van der Waals surface area contributed by atoms with Gasteiger partial charge in [0.05, 0.1) is 12.6 Å². The number of aryl methyl sites for hydroxylation is 2. The zero-order valence-electron chi connectivity index (χ0n) is 9.80. The molecule has 0 aliphatic carbocycles. The number of halogens is 1. The fraction of sp³-hybridized carbons (Fsp3) is 0.333. The molecule has 0 bridgehead atoms. The number of benzene rings is 1. The molecule has 0 aliphatic rings. The Morgan fingerprint density at radius 1 is 1.41 bits per heavy atom. The van der Waals surface area contributed by atoms with Crippen LogP contribution < -0.4 is 10.6 Å². The summed E-state index contributed by atoms with van der Waals surface area (Å²) < 4.78 is 1.08. The third-order valence-corrected chi connectivity index (χ3v) is 3.50. The van der Waals surface area contributed by atoms with Crippen molar-refractivity contribution in [1.82, 2.24) is 5.32 Å². The first-order valence-electron chi connectivity index (χ1n) is 5.19. The van der Waals surface area contributed by atoms with Crippen LogP contribution in [0.1, 0.15) is 11.1 Å². The molecule has 0 heterocycles. The smallest absolute Gasteiger partial charge is 0.240 e. The lowest BCUT2D eigenvalue weighted by Gasteiger charge is -2.10. The van der Waals surface area contributed by atoms with Gasteiger partial charge in [0.2, 0.25) is 5.91 Å². The maximum atomic E-state index is 11.3. The summed E-state index contributed by atoms with van der Waals surface area (Å²) in [5.41, 5.74) is 3.13. The highest BCUT2D eigenvalue weighted by Gasteiger charge is 2.04. The minimum absolute atomic E-state index is 0.0406. The third-order valence-electron chi connectivity index (χ3n) is 2.25. The summed E-state index contributed by atoms with van der Waals surface area (Å²) in [5, 5.41) is 13.8. The van der Waals surface area contributed by atoms with E-state index in [0.717, 1.165) is 21.3 Å². The van der Waals surface area contributed by atoms with Gasteiger partial charge in [-0.05, 0) is 37.1 Å². The van der Waals surface area contributed by atoms with Crippen molar-refractivity contribution < 1.29 is 4.79 Å². The van der Waals surface area contributed by atoms with Crippen molar-refractivity contribution in [3.63, 3.8) is 0 Å². The van der Waals surface area contributed by atoms with Gasteiger partial charge in [-0.15, -0.1) is 0 Å². The van der Waals surface area contributed by atoms with Crippen molar-refractivity contribution in [1.29, 1.82) is 5.26 Å². The minimum atomic E-state index is -0.190. The number of rotatable bonds is 4. The van der Waals surface area contributed by atoms with Crippen molar-refractivity contribution in [3.05, 3.63) is 27.7 Å². The highest BCUT2D eigenvalue weighted by molar-refractivity contribution is 9.10. The molecule has 0 spiro atoms. The number of amides is 1. The van der Waals surface area contributed by atoms with Gasteiger partial charge in [-0.1, -0.05) is 15.9 Å². The van der Waals surface area contributed by atoms with Crippen molar-refractivity contribution in [2.45, 2.75) is 13.8 Å². The summed E-state index contributed by atoms with van der Waals surface area (Å²) in [4.78, 5) is 11.3. The molecule has 17 heavy (non-hydrogen) atoms. The lowest BCUT2D eigenvalue weighted by atomic mass is 10.1. The van der Waals surface area contributed by atoms with Crippen LogP contribution in [0.3, 0.4) is 0 Å². The predicted octanol–water partition coefficient (Wildman–Crippen LogP) is 2.12. The summed E-state index contributed by atoms with van der Waals surface area (Å²) in [5.74, 6) is -0.190. The average molecular weight is 296 g/mol. The number of nitrogens with zero attached hydrogens (tertiary/aromatic N) is 1. The van der Waals surface area contributed by atoms with Crippen LogP contribution in [0, 0.1) is 25.2 Å². The van der Waals surface area contributed by atoms with Crippen LogP contribution in [0.15, 0.2) is 16.6 Å². The normalized spacial score (nSPS) is 9.53. The number of nitriles is 1. The summed E-state index contributed by atoms with van der Waals surface area (Å²) in [7, 11) is 0. The van der Waals surface area contributed by atoms with Gasteiger partial charge in [0.25, 0.3) is 0 Å². The maximum Gasteiger partial charge on any atom is 0.240 e. The molecular formula is C12H14BrN3O. The van der Waals surface area contributed by atoms with Crippen molar-refractivity contribution in [3.8, 4) is 6.07 Å². The lowest BCUT2D eigenvalue weighted by molar-refractivity contribution is -0.119. The molecule has 1 rings (SSSR count). The van der Waals surface area contributed by atoms with Crippen LogP contribution >= 0.6 is 15.9 Å². The Bertz CT molecular complexity index is 442. The Hall–Kier alpha value is -1.54. The Morgan fingerprint density at radius 2 is 2.00 bits per heavy atom. The molecule has 0 radical (unpaired) electrons. The molecular weight excluding hydrogens is 282 g/mol. The van der Waals surface area contributed by atoms with Gasteiger partial charge in [-0.3, -0.25) is 4.79 Å². The lowest BCUT2D eigenvalue weighted by Crippen LogP contribution is -2.30. The third kappa shape index (κ3) is 4.08. The minimum Gasteiger partial charge on any atom is -0.376 e. The number of hydrogen-bond donors (Lipinski definition) is 2. The van der Waals surface area contributed by atoms with E-state index in [4.69, 9.17) is 5.26 Å². The van der Waals surface area contributed by atoms with Crippen LogP contribution in [0.25, 0.3) is 0 Å². The molecule has 4 nitrogen and oxygen atoms in total. The van der Waals surface area contributed by atoms with E-state index in [0.29, 0.717) is 0 Å². The van der Waals surface area contributed by atoms with E-state index in [2.05, 4.69) is 26.6 Å². The second-order valence-corrected chi connectivity index (χ2v) is 4.51. The molecule has 0 saturated heterocycles. The van der Waals surface area contributed by atoms with E-state index in [1.54, 1.807) is 0 Å². The first kappa shape index (κ1) is 13.5. The van der Waals surface area contributed by atoms with Gasteiger partial charge in [0, 0.05) is 10.2 Å². The molecule has 1 aromatic carbocycles. The zero-order chi connectivity index (χ0) is 12.8. The quantitative estimate of drug-likeness (QED) is 0.836. The van der Waals surface area contributed by atoms with Gasteiger partial charge in [-0.25, -0.2) is 0 Å². The Kier molecular flexibility index (Phi) is 4.98. The maximum absolute atomic E-state index is 11.3. The fourth-order valence-electron chi connectivity index (χ4n) is 1.43. The molecule has 90 valence electrons. The Labute approximate surface area is 109 Å². The van der Waals surface area contributed by atoms with E-state index in [-0.39, 0.29) is 19.0 Å². The van der Waals surface area contributed by atoms with Crippen LogP contribution in [0.2, 0.25) is 0 Å². The zero-order valence-corrected chi connectivity index (χ0v) is 11.4. The van der Waals surface area contributed by atoms with E-state index in [9.17, 15) is 4.79 Å². The van der Waals surface area contributed by atoms with Crippen LogP contribution in [-0.4, -0.2) is 19.0 Å². The number of hydrogen-bond acceptors (Lipinski definition) is 3. The van der Waals surface area contributed by atoms with E-state index >= 15 is 0 Å². The second kappa shape index (κ2) is 6.26. The molecule has 0 saturated carbocycles. The van der Waals surface area contributed by atoms with Gasteiger partial charge < -0.3 is 10.6 Å². The highest BCUT2D eigenvalue weighted by atomic mass is 79.9. The summed E-state index contributed by atoms with van der Waals surface area (Å²) in [6, 6.07) is 5.79. The molecule has 5 heteroatoms. The van der Waals surface area contributed by atoms with E-state index < -0.39 is 0 Å². The van der Waals surface area contributed by atoms with E-state index in [1.807, 2.05) is 32.0 Å². The number of carbonyl (C=O) groups is 1. The van der Waals surface area contributed by atoms with Gasteiger partial charge >= 0.3 is 0 Å². The Morgan fingerprint density at radius 3 is 2.53 bits per heavy atom. The predicted molar refractivity (Wildman–Crippen MR) is 70.7 cm³/mol. The van der Waals surface area contributed by atoms with Crippen molar-refractivity contribution in [2.75, 3.05) is 18.4 Å². The standard InChI is InChI=1S/C12H14BrN3O/c1-8-5-10(6-9(2)12(8)13)16-7-11(17)15-4-3-14/h5-6,16H,4,7H2,1-2H3,(H,15,17). The molecule has 1 amide bonds. The second-order valence-electron chi connectivity index (χ2n) is 3.71. The molecule has 0 atom stereocenters. The Balaban J connectivity index is 2.59. The van der Waals surface area contributed by atoms with Gasteiger partial charge in [0.15, 0.2) is 0 Å². The average Bonchev–Trinajstić information content (AvgIpc) is 2.30. The van der Waals surface area contributed by atoms with Crippen molar-refractivity contribution in [2.24, 2.45) is 0 Å². The highest BCUT2D eigenvalue weighted by Crippen LogP contribution is 2.24. The number of anilines is 1. The molecule has 2 N–H and O–H groups in total. The molecule has 0 aliphatic heterocycles. The van der Waals surface area contributed by atoms with Crippen LogP contribution in [0.4, 0.5) is 5.69 Å². The fourth-order valence-corrected chi connectivity index (χ4v) is 1.66.